The van der Waals surface area contributed by atoms with Gasteiger partial charge in [-0.3, -0.25) is 0 Å². The highest BCUT2D eigenvalue weighted by molar-refractivity contribution is 7.89. The molecule has 5 nitrogen and oxygen atoms in total. The summed E-state index contributed by atoms with van der Waals surface area (Å²) in [7, 11) is 0.0547. The van der Waals surface area contributed by atoms with Crippen LogP contribution < -0.4 is 0 Å². The van der Waals surface area contributed by atoms with Gasteiger partial charge in [0.2, 0.25) is 10.0 Å². The summed E-state index contributed by atoms with van der Waals surface area (Å²) in [4.78, 5) is 2.35. The SMILES string of the molecule is CN1CCCC1CN(C)S(=O)(=O)c1ccc(CO)c(Cl)c1. The zero-order valence-corrected chi connectivity index (χ0v) is 13.9. The van der Waals surface area contributed by atoms with Gasteiger partial charge >= 0.3 is 0 Å². The first-order valence-electron chi connectivity index (χ1n) is 6.92. The predicted molar refractivity (Wildman–Crippen MR) is 82.8 cm³/mol. The first kappa shape index (κ1) is 16.7. The molecule has 1 aromatic rings. The Morgan fingerprint density at radius 2 is 2.19 bits per heavy atom. The van der Waals surface area contributed by atoms with Crippen LogP contribution in [-0.4, -0.2) is 56.0 Å². The van der Waals surface area contributed by atoms with E-state index in [1.807, 2.05) is 7.05 Å². The van der Waals surface area contributed by atoms with Gasteiger partial charge in [-0.05, 0) is 44.1 Å². The van der Waals surface area contributed by atoms with Crippen LogP contribution in [0, 0.1) is 0 Å². The first-order chi connectivity index (χ1) is 9.86. The molecule has 0 spiro atoms. The summed E-state index contributed by atoms with van der Waals surface area (Å²) >= 11 is 5.98. The molecule has 1 aliphatic heterocycles. The first-order valence-corrected chi connectivity index (χ1v) is 8.74. The fraction of sp³-hybridized carbons (Fsp3) is 0.571. The number of benzene rings is 1. The number of rotatable bonds is 5. The third kappa shape index (κ3) is 3.57. The highest BCUT2D eigenvalue weighted by Crippen LogP contribution is 2.24. The zero-order chi connectivity index (χ0) is 15.6. The lowest BCUT2D eigenvalue weighted by atomic mass is 10.2. The van der Waals surface area contributed by atoms with Gasteiger partial charge < -0.3 is 10.0 Å². The molecule has 118 valence electrons. The van der Waals surface area contributed by atoms with Crippen LogP contribution in [0.4, 0.5) is 0 Å². The van der Waals surface area contributed by atoms with Gasteiger partial charge in [0.15, 0.2) is 0 Å². The number of halogens is 1. The molecule has 0 saturated carbocycles. The molecule has 0 bridgehead atoms. The van der Waals surface area contributed by atoms with Crippen molar-refractivity contribution in [2.24, 2.45) is 0 Å². The normalized spacial score (nSPS) is 20.3. The van der Waals surface area contributed by atoms with Crippen LogP contribution in [0.2, 0.25) is 5.02 Å². The Hall–Kier alpha value is -0.660. The summed E-state index contributed by atoms with van der Waals surface area (Å²) in [5, 5.41) is 9.36. The van der Waals surface area contributed by atoms with Crippen LogP contribution in [0.25, 0.3) is 0 Å². The van der Waals surface area contributed by atoms with Crippen LogP contribution in [0.3, 0.4) is 0 Å². The van der Waals surface area contributed by atoms with Gasteiger partial charge in [-0.1, -0.05) is 17.7 Å². The molecule has 0 aliphatic carbocycles. The van der Waals surface area contributed by atoms with E-state index in [1.54, 1.807) is 13.1 Å². The van der Waals surface area contributed by atoms with E-state index < -0.39 is 10.0 Å². The molecular formula is C14H21ClN2O3S. The molecule has 0 aromatic heterocycles. The number of hydrogen-bond acceptors (Lipinski definition) is 4. The lowest BCUT2D eigenvalue weighted by Crippen LogP contribution is -2.39. The fourth-order valence-electron chi connectivity index (χ4n) is 2.60. The lowest BCUT2D eigenvalue weighted by molar-refractivity contribution is 0.271. The minimum atomic E-state index is -3.56. The van der Waals surface area contributed by atoms with E-state index in [0.717, 1.165) is 19.4 Å². The highest BCUT2D eigenvalue weighted by atomic mass is 35.5. The molecule has 7 heteroatoms. The van der Waals surface area contributed by atoms with Gasteiger partial charge in [-0.25, -0.2) is 8.42 Å². The molecule has 1 saturated heterocycles. The van der Waals surface area contributed by atoms with Crippen LogP contribution >= 0.6 is 11.6 Å². The third-order valence-electron chi connectivity index (χ3n) is 4.04. The number of sulfonamides is 1. The summed E-state index contributed by atoms with van der Waals surface area (Å²) in [6, 6.07) is 4.70. The molecule has 1 aromatic carbocycles. The minimum absolute atomic E-state index is 0.160. The Kier molecular flexibility index (Phi) is 5.27. The summed E-state index contributed by atoms with van der Waals surface area (Å²) < 4.78 is 26.5. The molecule has 0 amide bonds. The van der Waals surface area contributed by atoms with Crippen molar-refractivity contribution in [3.63, 3.8) is 0 Å². The fourth-order valence-corrected chi connectivity index (χ4v) is 4.14. The highest BCUT2D eigenvalue weighted by Gasteiger charge is 2.28. The van der Waals surface area contributed by atoms with Crippen molar-refractivity contribution in [1.82, 2.24) is 9.21 Å². The number of aliphatic hydroxyl groups excluding tert-OH is 1. The van der Waals surface area contributed by atoms with Crippen LogP contribution in [0.1, 0.15) is 18.4 Å². The van der Waals surface area contributed by atoms with Crippen molar-refractivity contribution >= 4 is 21.6 Å². The standard InChI is InChI=1S/C14H21ClN2O3S/c1-16-7-3-4-12(16)9-17(2)21(19,20)13-6-5-11(10-18)14(15)8-13/h5-6,8,12,18H,3-4,7,9-10H2,1-2H3. The topological polar surface area (TPSA) is 60.9 Å². The molecule has 1 atom stereocenters. The molecule has 1 unspecified atom stereocenters. The van der Waals surface area contributed by atoms with E-state index in [2.05, 4.69) is 4.90 Å². The number of nitrogens with zero attached hydrogens (tertiary/aromatic N) is 2. The quantitative estimate of drug-likeness (QED) is 0.888. The van der Waals surface area contributed by atoms with Crippen LogP contribution in [-0.2, 0) is 16.6 Å². The number of aliphatic hydroxyl groups is 1. The Balaban J connectivity index is 2.18. The van der Waals surface area contributed by atoms with E-state index in [9.17, 15) is 8.42 Å². The molecule has 1 aliphatic rings. The second-order valence-electron chi connectivity index (χ2n) is 5.47. The van der Waals surface area contributed by atoms with Crippen LogP contribution in [0.5, 0.6) is 0 Å². The average molecular weight is 333 g/mol. The summed E-state index contributed by atoms with van der Waals surface area (Å²) in [5.74, 6) is 0. The van der Waals surface area contributed by atoms with E-state index in [1.165, 1.54) is 16.4 Å². The summed E-state index contributed by atoms with van der Waals surface area (Å²) in [5.41, 5.74) is 0.522. The summed E-state index contributed by atoms with van der Waals surface area (Å²) in [6.07, 6.45) is 2.12. The molecule has 21 heavy (non-hydrogen) atoms. The van der Waals surface area contributed by atoms with E-state index in [4.69, 9.17) is 16.7 Å². The third-order valence-corrected chi connectivity index (χ3v) is 6.21. The van der Waals surface area contributed by atoms with Gasteiger partial charge in [-0.15, -0.1) is 0 Å². The minimum Gasteiger partial charge on any atom is -0.392 e. The molecular weight excluding hydrogens is 312 g/mol. The van der Waals surface area contributed by atoms with E-state index in [0.29, 0.717) is 12.1 Å². The van der Waals surface area contributed by atoms with E-state index in [-0.39, 0.29) is 22.6 Å². The maximum Gasteiger partial charge on any atom is 0.242 e. The molecule has 1 heterocycles. The number of likely N-dealkylation sites (N-methyl/N-ethyl adjacent to an activating group) is 2. The maximum absolute atomic E-state index is 12.6. The molecule has 1 N–H and O–H groups in total. The molecule has 1 fully saturated rings. The van der Waals surface area contributed by atoms with Gasteiger partial charge in [0.05, 0.1) is 11.5 Å². The monoisotopic (exact) mass is 332 g/mol. The number of hydrogen-bond donors (Lipinski definition) is 1. The summed E-state index contributed by atoms with van der Waals surface area (Å²) in [6.45, 7) is 1.27. The van der Waals surface area contributed by atoms with Gasteiger partial charge in [-0.2, -0.15) is 4.31 Å². The predicted octanol–water partition coefficient (Wildman–Crippen LogP) is 1.55. The zero-order valence-electron chi connectivity index (χ0n) is 12.3. The van der Waals surface area contributed by atoms with Crippen molar-refractivity contribution in [2.45, 2.75) is 30.4 Å². The second kappa shape index (κ2) is 6.62. The van der Waals surface area contributed by atoms with Crippen molar-refractivity contribution < 1.29 is 13.5 Å². The Labute approximate surface area is 131 Å². The molecule has 2 rings (SSSR count). The van der Waals surface area contributed by atoms with Crippen LogP contribution in [0.15, 0.2) is 23.1 Å². The van der Waals surface area contributed by atoms with Gasteiger partial charge in [0.1, 0.15) is 0 Å². The van der Waals surface area contributed by atoms with Crippen molar-refractivity contribution in [3.8, 4) is 0 Å². The Morgan fingerprint density at radius 1 is 1.48 bits per heavy atom. The smallest absolute Gasteiger partial charge is 0.242 e. The van der Waals surface area contributed by atoms with Crippen molar-refractivity contribution in [3.05, 3.63) is 28.8 Å². The number of likely N-dealkylation sites (tertiary alicyclic amines) is 1. The van der Waals surface area contributed by atoms with Crippen molar-refractivity contribution in [1.29, 1.82) is 0 Å². The van der Waals surface area contributed by atoms with Gasteiger partial charge in [0, 0.05) is 24.7 Å². The lowest BCUT2D eigenvalue weighted by Gasteiger charge is -2.25. The average Bonchev–Trinajstić information content (AvgIpc) is 2.84. The van der Waals surface area contributed by atoms with Gasteiger partial charge in [0.25, 0.3) is 0 Å². The Morgan fingerprint density at radius 3 is 2.71 bits per heavy atom. The Bertz CT molecular complexity index is 606. The second-order valence-corrected chi connectivity index (χ2v) is 7.93. The van der Waals surface area contributed by atoms with Crippen molar-refractivity contribution in [2.75, 3.05) is 27.2 Å². The molecule has 0 radical (unpaired) electrons. The largest absolute Gasteiger partial charge is 0.392 e. The van der Waals surface area contributed by atoms with E-state index >= 15 is 0 Å². The maximum atomic E-state index is 12.6.